The molecule has 1 aromatic rings. The zero-order valence-electron chi connectivity index (χ0n) is 7.71. The molecule has 0 fully saturated rings. The summed E-state index contributed by atoms with van der Waals surface area (Å²) in [6.07, 6.45) is 0. The van der Waals surface area contributed by atoms with E-state index in [0.29, 0.717) is 12.1 Å². The first-order chi connectivity index (χ1) is 6.43. The SMILES string of the molecule is CN(C)C(=O)c1c(O)cc(F)cc1F. The van der Waals surface area contributed by atoms with E-state index in [9.17, 15) is 13.6 Å². The van der Waals surface area contributed by atoms with E-state index in [0.717, 1.165) is 4.90 Å². The van der Waals surface area contributed by atoms with Crippen LogP contribution in [0.3, 0.4) is 0 Å². The normalized spacial score (nSPS) is 10.0. The molecule has 0 aliphatic heterocycles. The number of benzene rings is 1. The molecule has 0 atom stereocenters. The first-order valence-corrected chi connectivity index (χ1v) is 3.83. The summed E-state index contributed by atoms with van der Waals surface area (Å²) in [7, 11) is 2.81. The Morgan fingerprint density at radius 3 is 2.36 bits per heavy atom. The molecule has 5 heteroatoms. The molecule has 1 aromatic carbocycles. The van der Waals surface area contributed by atoms with Crippen molar-refractivity contribution in [2.75, 3.05) is 14.1 Å². The highest BCUT2D eigenvalue weighted by Gasteiger charge is 2.19. The largest absolute Gasteiger partial charge is 0.507 e. The second kappa shape index (κ2) is 3.61. The van der Waals surface area contributed by atoms with Gasteiger partial charge in [-0.15, -0.1) is 0 Å². The highest BCUT2D eigenvalue weighted by atomic mass is 19.1. The minimum Gasteiger partial charge on any atom is -0.507 e. The van der Waals surface area contributed by atoms with Gasteiger partial charge in [0.15, 0.2) is 0 Å². The lowest BCUT2D eigenvalue weighted by Gasteiger charge is -2.11. The molecular weight excluding hydrogens is 192 g/mol. The van der Waals surface area contributed by atoms with Crippen LogP contribution in [-0.2, 0) is 0 Å². The van der Waals surface area contributed by atoms with E-state index < -0.39 is 28.9 Å². The van der Waals surface area contributed by atoms with Crippen LogP contribution in [0, 0.1) is 11.6 Å². The van der Waals surface area contributed by atoms with Gasteiger partial charge in [-0.25, -0.2) is 8.78 Å². The van der Waals surface area contributed by atoms with Crippen LogP contribution in [0.15, 0.2) is 12.1 Å². The van der Waals surface area contributed by atoms with E-state index in [-0.39, 0.29) is 0 Å². The van der Waals surface area contributed by atoms with Crippen molar-refractivity contribution >= 4 is 5.91 Å². The van der Waals surface area contributed by atoms with Crippen LogP contribution in [0.5, 0.6) is 5.75 Å². The van der Waals surface area contributed by atoms with Gasteiger partial charge in [-0.3, -0.25) is 4.79 Å². The van der Waals surface area contributed by atoms with Crippen LogP contribution in [0.2, 0.25) is 0 Å². The lowest BCUT2D eigenvalue weighted by Crippen LogP contribution is -2.23. The van der Waals surface area contributed by atoms with Crippen molar-refractivity contribution in [3.05, 3.63) is 29.3 Å². The molecule has 1 N–H and O–H groups in total. The minimum atomic E-state index is -1.07. The summed E-state index contributed by atoms with van der Waals surface area (Å²) in [5.41, 5.74) is -0.517. The Morgan fingerprint density at radius 2 is 1.93 bits per heavy atom. The van der Waals surface area contributed by atoms with Crippen molar-refractivity contribution in [2.45, 2.75) is 0 Å². The smallest absolute Gasteiger partial charge is 0.260 e. The van der Waals surface area contributed by atoms with Crippen molar-refractivity contribution in [3.8, 4) is 5.75 Å². The summed E-state index contributed by atoms with van der Waals surface area (Å²) in [5.74, 6) is -3.39. The summed E-state index contributed by atoms with van der Waals surface area (Å²) in [4.78, 5) is 12.4. The number of amides is 1. The van der Waals surface area contributed by atoms with Gasteiger partial charge in [0.05, 0.1) is 0 Å². The fourth-order valence-electron chi connectivity index (χ4n) is 0.995. The highest BCUT2D eigenvalue weighted by molar-refractivity contribution is 5.96. The van der Waals surface area contributed by atoms with Crippen molar-refractivity contribution in [2.24, 2.45) is 0 Å². The predicted octanol–water partition coefficient (Wildman–Crippen LogP) is 1.37. The van der Waals surface area contributed by atoms with E-state index in [2.05, 4.69) is 0 Å². The summed E-state index contributed by atoms with van der Waals surface area (Å²) >= 11 is 0. The Bertz CT molecular complexity index is 354. The fraction of sp³-hybridized carbons (Fsp3) is 0.222. The molecule has 0 aliphatic carbocycles. The molecule has 0 unspecified atom stereocenters. The Labute approximate surface area is 79.6 Å². The van der Waals surface area contributed by atoms with Crippen molar-refractivity contribution in [1.29, 1.82) is 0 Å². The molecule has 1 amide bonds. The van der Waals surface area contributed by atoms with Crippen LogP contribution in [-0.4, -0.2) is 30.0 Å². The Morgan fingerprint density at radius 1 is 1.36 bits per heavy atom. The lowest BCUT2D eigenvalue weighted by molar-refractivity contribution is 0.0819. The van der Waals surface area contributed by atoms with Crippen molar-refractivity contribution in [1.82, 2.24) is 4.90 Å². The topological polar surface area (TPSA) is 40.5 Å². The van der Waals surface area contributed by atoms with Crippen LogP contribution in [0.4, 0.5) is 8.78 Å². The lowest BCUT2D eigenvalue weighted by atomic mass is 10.1. The van der Waals surface area contributed by atoms with E-state index in [4.69, 9.17) is 5.11 Å². The average molecular weight is 201 g/mol. The molecule has 0 aliphatic rings. The van der Waals surface area contributed by atoms with Gasteiger partial charge in [-0.2, -0.15) is 0 Å². The molecule has 0 heterocycles. The van der Waals surface area contributed by atoms with Crippen LogP contribution in [0.1, 0.15) is 10.4 Å². The summed E-state index contributed by atoms with van der Waals surface area (Å²) in [5, 5.41) is 9.16. The zero-order valence-corrected chi connectivity index (χ0v) is 7.71. The molecule has 0 aromatic heterocycles. The molecule has 0 radical (unpaired) electrons. The quantitative estimate of drug-likeness (QED) is 0.745. The number of rotatable bonds is 1. The number of phenolic OH excluding ortho intramolecular Hbond substituents is 1. The summed E-state index contributed by atoms with van der Waals surface area (Å²) in [6.45, 7) is 0. The van der Waals surface area contributed by atoms with Crippen molar-refractivity contribution < 1.29 is 18.7 Å². The molecule has 3 nitrogen and oxygen atoms in total. The average Bonchev–Trinajstić information content (AvgIpc) is 2.01. The third-order valence-corrected chi connectivity index (χ3v) is 1.65. The number of phenols is 1. The van der Waals surface area contributed by atoms with E-state index >= 15 is 0 Å². The number of halogens is 2. The van der Waals surface area contributed by atoms with Crippen LogP contribution < -0.4 is 0 Å². The van der Waals surface area contributed by atoms with Gasteiger partial charge in [0, 0.05) is 26.2 Å². The van der Waals surface area contributed by atoms with E-state index in [1.165, 1.54) is 14.1 Å². The van der Waals surface area contributed by atoms with E-state index in [1.54, 1.807) is 0 Å². The molecular formula is C9H9F2NO2. The first kappa shape index (κ1) is 10.4. The monoisotopic (exact) mass is 201 g/mol. The van der Waals surface area contributed by atoms with Gasteiger partial charge in [0.2, 0.25) is 0 Å². The maximum absolute atomic E-state index is 13.1. The fourth-order valence-corrected chi connectivity index (χ4v) is 0.995. The molecule has 0 spiro atoms. The summed E-state index contributed by atoms with van der Waals surface area (Å²) in [6, 6.07) is 1.25. The Kier molecular flexibility index (Phi) is 2.69. The number of carbonyl (C=O) groups is 1. The van der Waals surface area contributed by atoms with Gasteiger partial charge in [0.1, 0.15) is 22.9 Å². The molecule has 1 rings (SSSR count). The van der Waals surface area contributed by atoms with Crippen LogP contribution >= 0.6 is 0 Å². The second-order valence-electron chi connectivity index (χ2n) is 2.98. The van der Waals surface area contributed by atoms with Crippen molar-refractivity contribution in [3.63, 3.8) is 0 Å². The number of hydrogen-bond donors (Lipinski definition) is 1. The molecule has 14 heavy (non-hydrogen) atoms. The maximum Gasteiger partial charge on any atom is 0.260 e. The third kappa shape index (κ3) is 1.81. The van der Waals surface area contributed by atoms with Gasteiger partial charge >= 0.3 is 0 Å². The Hall–Kier alpha value is -1.65. The summed E-state index contributed by atoms with van der Waals surface area (Å²) < 4.78 is 25.6. The van der Waals surface area contributed by atoms with Gasteiger partial charge in [-0.05, 0) is 0 Å². The standard InChI is InChI=1S/C9H9F2NO2/c1-12(2)9(14)8-6(11)3-5(10)4-7(8)13/h3-4,13H,1-2H3. The number of hydrogen-bond acceptors (Lipinski definition) is 2. The maximum atomic E-state index is 13.1. The zero-order chi connectivity index (χ0) is 10.9. The second-order valence-corrected chi connectivity index (χ2v) is 2.98. The first-order valence-electron chi connectivity index (χ1n) is 3.83. The van der Waals surface area contributed by atoms with Gasteiger partial charge in [0.25, 0.3) is 5.91 Å². The molecule has 0 saturated carbocycles. The molecule has 76 valence electrons. The van der Waals surface area contributed by atoms with Gasteiger partial charge in [-0.1, -0.05) is 0 Å². The third-order valence-electron chi connectivity index (χ3n) is 1.65. The van der Waals surface area contributed by atoms with Crippen LogP contribution in [0.25, 0.3) is 0 Å². The van der Waals surface area contributed by atoms with E-state index in [1.807, 2.05) is 0 Å². The Balaban J connectivity index is 3.28. The molecule has 0 saturated heterocycles. The van der Waals surface area contributed by atoms with Gasteiger partial charge < -0.3 is 10.0 Å². The predicted molar refractivity (Wildman–Crippen MR) is 46.0 cm³/mol. The number of nitrogens with zero attached hydrogens (tertiary/aromatic N) is 1. The minimum absolute atomic E-state index is 0.517. The number of carbonyl (C=O) groups excluding carboxylic acids is 1. The molecule has 0 bridgehead atoms. The highest BCUT2D eigenvalue weighted by Crippen LogP contribution is 2.22. The number of aromatic hydroxyl groups is 1.